The Kier molecular flexibility index (Phi) is 7.86. The molecule has 0 atom stereocenters. The molecule has 0 aliphatic rings. The summed E-state index contributed by atoms with van der Waals surface area (Å²) in [4.78, 5) is 0. The summed E-state index contributed by atoms with van der Waals surface area (Å²) in [6.45, 7) is 11.4. The monoisotopic (exact) mass is 290 g/mol. The first-order chi connectivity index (χ1) is 9.69. The third kappa shape index (κ3) is 5.26. The van der Waals surface area contributed by atoms with Crippen molar-refractivity contribution in [3.05, 3.63) is 42.0 Å². The molecule has 0 unspecified atom stereocenters. The molecule has 0 aliphatic carbocycles. The van der Waals surface area contributed by atoms with Crippen molar-refractivity contribution in [1.29, 1.82) is 0 Å². The van der Waals surface area contributed by atoms with Crippen LogP contribution in [0.1, 0.15) is 44.7 Å². The van der Waals surface area contributed by atoms with E-state index in [1.54, 1.807) is 0 Å². The lowest BCUT2D eigenvalue weighted by molar-refractivity contribution is 0.318. The third-order valence-corrected chi connectivity index (χ3v) is 9.05. The molecule has 112 valence electrons. The van der Waals surface area contributed by atoms with Crippen molar-refractivity contribution in [2.24, 2.45) is 0 Å². The van der Waals surface area contributed by atoms with Gasteiger partial charge in [-0.15, -0.1) is 0 Å². The molecule has 0 bridgehead atoms. The van der Waals surface area contributed by atoms with Gasteiger partial charge in [-0.1, -0.05) is 57.2 Å². The topological polar surface area (TPSA) is 9.23 Å². The molecule has 0 heterocycles. The lowest BCUT2D eigenvalue weighted by Gasteiger charge is -2.28. The lowest BCUT2D eigenvalue weighted by Crippen LogP contribution is -2.36. The Hall–Kier alpha value is -0.863. The van der Waals surface area contributed by atoms with Crippen LogP contribution in [-0.4, -0.2) is 14.9 Å². The first-order valence-electron chi connectivity index (χ1n) is 8.05. The van der Waals surface area contributed by atoms with Gasteiger partial charge in [-0.2, -0.15) is 0 Å². The molecule has 0 fully saturated rings. The van der Waals surface area contributed by atoms with Crippen molar-refractivity contribution in [2.45, 2.75) is 58.2 Å². The van der Waals surface area contributed by atoms with Crippen molar-refractivity contribution < 1.29 is 4.43 Å². The van der Waals surface area contributed by atoms with E-state index >= 15 is 0 Å². The molecule has 1 aromatic carbocycles. The minimum Gasteiger partial charge on any atom is -0.417 e. The highest BCUT2D eigenvalue weighted by Crippen LogP contribution is 2.25. The van der Waals surface area contributed by atoms with Crippen molar-refractivity contribution in [3.8, 4) is 0 Å². The molecule has 20 heavy (non-hydrogen) atoms. The number of unbranched alkanes of at least 4 members (excludes halogenated alkanes) is 1. The molecule has 2 heteroatoms. The number of hydrogen-bond donors (Lipinski definition) is 0. The average Bonchev–Trinajstić information content (AvgIpc) is 2.51. The van der Waals surface area contributed by atoms with Crippen molar-refractivity contribution in [2.75, 3.05) is 6.61 Å². The van der Waals surface area contributed by atoms with Gasteiger partial charge in [-0.05, 0) is 49.0 Å². The van der Waals surface area contributed by atoms with Crippen LogP contribution in [0.5, 0.6) is 0 Å². The Balaban J connectivity index is 2.37. The van der Waals surface area contributed by atoms with Crippen molar-refractivity contribution in [3.63, 3.8) is 0 Å². The van der Waals surface area contributed by atoms with Crippen molar-refractivity contribution in [1.82, 2.24) is 0 Å². The molecule has 0 amide bonds. The molecule has 0 N–H and O–H groups in total. The molecule has 0 radical (unpaired) electrons. The molecule has 0 saturated carbocycles. The second-order valence-electron chi connectivity index (χ2n) is 5.48. The summed E-state index contributed by atoms with van der Waals surface area (Å²) in [5.74, 6) is 0. The standard InChI is InChI=1S/C18H30OSi/c1-5-17-12-14-18(15-13-17)11-9-10-16-20(7-3,8-4)19-6-2/h5,12-15H,1,6-11,16H2,2-4H3. The van der Waals surface area contributed by atoms with Crippen LogP contribution >= 0.6 is 0 Å². The fourth-order valence-corrected chi connectivity index (χ4v) is 6.05. The van der Waals surface area contributed by atoms with Gasteiger partial charge in [0.1, 0.15) is 0 Å². The van der Waals surface area contributed by atoms with Crippen LogP contribution in [0.4, 0.5) is 0 Å². The Morgan fingerprint density at radius 3 is 2.20 bits per heavy atom. The quantitative estimate of drug-likeness (QED) is 0.398. The van der Waals surface area contributed by atoms with Gasteiger partial charge in [0.25, 0.3) is 0 Å². The minimum absolute atomic E-state index is 0.886. The number of aryl methyl sites for hydroxylation is 1. The summed E-state index contributed by atoms with van der Waals surface area (Å²) in [7, 11) is -1.41. The number of hydrogen-bond acceptors (Lipinski definition) is 1. The van der Waals surface area contributed by atoms with E-state index in [4.69, 9.17) is 4.43 Å². The zero-order chi connectivity index (χ0) is 14.8. The molecule has 0 saturated heterocycles. The maximum absolute atomic E-state index is 6.14. The van der Waals surface area contributed by atoms with Gasteiger partial charge in [-0.3, -0.25) is 0 Å². The fraction of sp³-hybridized carbons (Fsp3) is 0.556. The van der Waals surface area contributed by atoms with Gasteiger partial charge in [0.05, 0.1) is 0 Å². The Bertz CT molecular complexity index is 379. The minimum atomic E-state index is -1.41. The second-order valence-corrected chi connectivity index (χ2v) is 10.0. The zero-order valence-corrected chi connectivity index (χ0v) is 14.5. The van der Waals surface area contributed by atoms with Gasteiger partial charge >= 0.3 is 0 Å². The normalized spacial score (nSPS) is 11.6. The SMILES string of the molecule is C=Cc1ccc(CCCC[Si](CC)(CC)OCC)cc1. The van der Waals surface area contributed by atoms with E-state index in [0.717, 1.165) is 6.61 Å². The molecular formula is C18H30OSi. The first-order valence-corrected chi connectivity index (χ1v) is 10.6. The first kappa shape index (κ1) is 17.2. The van der Waals surface area contributed by atoms with Crippen LogP contribution in [0.2, 0.25) is 18.1 Å². The zero-order valence-electron chi connectivity index (χ0n) is 13.5. The van der Waals surface area contributed by atoms with Crippen LogP contribution in [0.3, 0.4) is 0 Å². The van der Waals surface area contributed by atoms with Crippen LogP contribution in [0.15, 0.2) is 30.8 Å². The van der Waals surface area contributed by atoms with Crippen LogP contribution in [0, 0.1) is 0 Å². The third-order valence-electron chi connectivity index (χ3n) is 4.30. The highest BCUT2D eigenvalue weighted by Gasteiger charge is 2.29. The molecule has 0 aliphatic heterocycles. The van der Waals surface area contributed by atoms with Crippen LogP contribution in [-0.2, 0) is 10.8 Å². The number of rotatable bonds is 10. The van der Waals surface area contributed by atoms with Gasteiger partial charge < -0.3 is 4.43 Å². The van der Waals surface area contributed by atoms with E-state index < -0.39 is 8.32 Å². The molecule has 0 aromatic heterocycles. The van der Waals surface area contributed by atoms with Gasteiger partial charge in [0.15, 0.2) is 8.32 Å². The average molecular weight is 291 g/mol. The summed E-state index contributed by atoms with van der Waals surface area (Å²) in [6.07, 6.45) is 5.65. The molecule has 1 aromatic rings. The fourth-order valence-electron chi connectivity index (χ4n) is 2.78. The Labute approximate surface area is 126 Å². The highest BCUT2D eigenvalue weighted by molar-refractivity contribution is 6.73. The smallest absolute Gasteiger partial charge is 0.192 e. The van der Waals surface area contributed by atoms with E-state index in [2.05, 4.69) is 51.6 Å². The Morgan fingerprint density at radius 1 is 1.05 bits per heavy atom. The molecule has 0 spiro atoms. The van der Waals surface area contributed by atoms with E-state index in [1.165, 1.54) is 48.5 Å². The van der Waals surface area contributed by atoms with Gasteiger partial charge in [-0.25, -0.2) is 0 Å². The predicted octanol–water partition coefficient (Wildman–Crippen LogP) is 5.67. The predicted molar refractivity (Wildman–Crippen MR) is 92.6 cm³/mol. The highest BCUT2D eigenvalue weighted by atomic mass is 28.4. The number of benzene rings is 1. The summed E-state index contributed by atoms with van der Waals surface area (Å²) < 4.78 is 6.14. The van der Waals surface area contributed by atoms with Gasteiger partial charge in [0.2, 0.25) is 0 Å². The maximum Gasteiger partial charge on any atom is 0.192 e. The molecular weight excluding hydrogens is 260 g/mol. The van der Waals surface area contributed by atoms with E-state index in [1.807, 2.05) is 6.08 Å². The maximum atomic E-state index is 6.14. The van der Waals surface area contributed by atoms with Crippen LogP contribution < -0.4 is 0 Å². The molecule has 1 rings (SSSR count). The van der Waals surface area contributed by atoms with E-state index in [9.17, 15) is 0 Å². The Morgan fingerprint density at radius 2 is 1.70 bits per heavy atom. The van der Waals surface area contributed by atoms with Crippen molar-refractivity contribution >= 4 is 14.4 Å². The molecule has 1 nitrogen and oxygen atoms in total. The second kappa shape index (κ2) is 9.14. The summed E-state index contributed by atoms with van der Waals surface area (Å²) in [5.41, 5.74) is 2.64. The van der Waals surface area contributed by atoms with E-state index in [0.29, 0.717) is 0 Å². The largest absolute Gasteiger partial charge is 0.417 e. The van der Waals surface area contributed by atoms with Gasteiger partial charge in [0, 0.05) is 6.61 Å². The summed E-state index contributed by atoms with van der Waals surface area (Å²) in [5, 5.41) is 0. The lowest BCUT2D eigenvalue weighted by atomic mass is 10.1. The van der Waals surface area contributed by atoms with Crippen LogP contribution in [0.25, 0.3) is 6.08 Å². The summed E-state index contributed by atoms with van der Waals surface area (Å²) >= 11 is 0. The summed E-state index contributed by atoms with van der Waals surface area (Å²) in [6, 6.07) is 12.6. The van der Waals surface area contributed by atoms with E-state index in [-0.39, 0.29) is 0 Å².